The van der Waals surface area contributed by atoms with Gasteiger partial charge in [-0.1, -0.05) is 18.2 Å². The van der Waals surface area contributed by atoms with Gasteiger partial charge in [-0.2, -0.15) is 0 Å². The molecule has 0 aromatic heterocycles. The average molecular weight is 298 g/mol. The zero-order valence-corrected chi connectivity index (χ0v) is 13.9. The molecule has 2 heterocycles. The second-order valence-corrected chi connectivity index (χ2v) is 7.58. The predicted octanol–water partition coefficient (Wildman–Crippen LogP) is 3.63. The fourth-order valence-corrected chi connectivity index (χ4v) is 4.69. The molecule has 0 unspecified atom stereocenters. The first-order valence-electron chi connectivity index (χ1n) is 9.45. The van der Waals surface area contributed by atoms with E-state index in [4.69, 9.17) is 0 Å². The molecule has 2 fully saturated rings. The van der Waals surface area contributed by atoms with Crippen molar-refractivity contribution < 1.29 is 0 Å². The normalized spacial score (nSPS) is 26.5. The fraction of sp³-hybridized carbons (Fsp3) is 0.700. The smallest absolute Gasteiger partial charge is 0.0237 e. The number of hydrogen-bond acceptors (Lipinski definition) is 2. The molecule has 3 aliphatic rings. The zero-order valence-electron chi connectivity index (χ0n) is 13.9. The van der Waals surface area contributed by atoms with Gasteiger partial charge in [0.1, 0.15) is 0 Å². The molecule has 1 aliphatic carbocycles. The van der Waals surface area contributed by atoms with Gasteiger partial charge in [0.25, 0.3) is 0 Å². The van der Waals surface area contributed by atoms with Crippen molar-refractivity contribution >= 4 is 0 Å². The first-order chi connectivity index (χ1) is 10.9. The summed E-state index contributed by atoms with van der Waals surface area (Å²) in [5.74, 6) is 0. The Hall–Kier alpha value is -0.860. The number of rotatable bonds is 4. The number of nitrogens with zero attached hydrogens (tertiary/aromatic N) is 2. The Morgan fingerprint density at radius 1 is 0.864 bits per heavy atom. The minimum atomic E-state index is 0.800. The van der Waals surface area contributed by atoms with Crippen LogP contribution in [-0.4, -0.2) is 42.0 Å². The summed E-state index contributed by atoms with van der Waals surface area (Å²) < 4.78 is 0. The number of hydrogen-bond donors (Lipinski definition) is 0. The highest BCUT2D eigenvalue weighted by atomic mass is 15.2. The molecule has 1 aromatic rings. The van der Waals surface area contributed by atoms with Gasteiger partial charge in [-0.15, -0.1) is 0 Å². The van der Waals surface area contributed by atoms with Crippen LogP contribution in [0.25, 0.3) is 0 Å². The van der Waals surface area contributed by atoms with Crippen LogP contribution in [0.1, 0.15) is 55.2 Å². The van der Waals surface area contributed by atoms with E-state index in [0.717, 1.165) is 6.04 Å². The lowest BCUT2D eigenvalue weighted by molar-refractivity contribution is 0.185. The molecule has 0 saturated carbocycles. The Bertz CT molecular complexity index is 504. The quantitative estimate of drug-likeness (QED) is 0.837. The van der Waals surface area contributed by atoms with Gasteiger partial charge in [-0.25, -0.2) is 0 Å². The third kappa shape index (κ3) is 3.23. The van der Waals surface area contributed by atoms with Crippen molar-refractivity contribution in [2.45, 2.75) is 64.0 Å². The van der Waals surface area contributed by atoms with E-state index in [1.54, 1.807) is 16.7 Å². The highest BCUT2D eigenvalue weighted by Gasteiger charge is 2.27. The summed E-state index contributed by atoms with van der Waals surface area (Å²) in [6, 6.07) is 8.12. The van der Waals surface area contributed by atoms with Crippen LogP contribution in [0.15, 0.2) is 18.2 Å². The standard InChI is InChI=1S/C20H30N2/c1-2-7-19-14-17(9-10-18(19)6-1)15-22-13-5-8-20(22)16-21-11-3-4-12-21/h9-10,14,20H,1-8,11-13,15-16H2/t20-/m1/s1. The van der Waals surface area contributed by atoms with Crippen LogP contribution >= 0.6 is 0 Å². The Morgan fingerprint density at radius 2 is 1.68 bits per heavy atom. The monoisotopic (exact) mass is 298 g/mol. The van der Waals surface area contributed by atoms with Crippen molar-refractivity contribution in [2.75, 3.05) is 26.2 Å². The van der Waals surface area contributed by atoms with E-state index in [2.05, 4.69) is 28.0 Å². The van der Waals surface area contributed by atoms with E-state index >= 15 is 0 Å². The van der Waals surface area contributed by atoms with E-state index in [9.17, 15) is 0 Å². The minimum absolute atomic E-state index is 0.800. The summed E-state index contributed by atoms with van der Waals surface area (Å²) in [4.78, 5) is 5.44. The molecule has 1 atom stereocenters. The van der Waals surface area contributed by atoms with Crippen molar-refractivity contribution in [1.29, 1.82) is 0 Å². The van der Waals surface area contributed by atoms with Crippen LogP contribution in [0.3, 0.4) is 0 Å². The summed E-state index contributed by atoms with van der Waals surface area (Å²) in [6.07, 6.45) is 11.0. The average Bonchev–Trinajstić information content (AvgIpc) is 3.20. The van der Waals surface area contributed by atoms with Gasteiger partial charge >= 0.3 is 0 Å². The van der Waals surface area contributed by atoms with Crippen LogP contribution in [0, 0.1) is 0 Å². The number of likely N-dealkylation sites (tertiary alicyclic amines) is 2. The second kappa shape index (κ2) is 6.72. The van der Waals surface area contributed by atoms with Gasteiger partial charge in [0, 0.05) is 19.1 Å². The Labute approximate surface area is 135 Å². The molecule has 2 nitrogen and oxygen atoms in total. The molecule has 0 N–H and O–H groups in total. The third-order valence-corrected chi connectivity index (χ3v) is 5.97. The summed E-state index contributed by atoms with van der Waals surface area (Å²) in [5.41, 5.74) is 4.80. The SMILES string of the molecule is c1cc2c(cc1CN1CCC[C@@H]1CN1CCCC1)CCCC2. The largest absolute Gasteiger partial charge is 0.302 e. The Morgan fingerprint density at radius 3 is 2.55 bits per heavy atom. The van der Waals surface area contributed by atoms with Gasteiger partial charge in [0.15, 0.2) is 0 Å². The maximum Gasteiger partial charge on any atom is 0.0237 e. The van der Waals surface area contributed by atoms with Crippen molar-refractivity contribution in [3.8, 4) is 0 Å². The topological polar surface area (TPSA) is 6.48 Å². The molecule has 0 radical (unpaired) electrons. The molecule has 22 heavy (non-hydrogen) atoms. The predicted molar refractivity (Wildman–Crippen MR) is 92.2 cm³/mol. The minimum Gasteiger partial charge on any atom is -0.302 e. The zero-order chi connectivity index (χ0) is 14.8. The number of benzene rings is 1. The first kappa shape index (κ1) is 14.7. The van der Waals surface area contributed by atoms with Crippen molar-refractivity contribution in [3.05, 3.63) is 34.9 Å². The van der Waals surface area contributed by atoms with Crippen molar-refractivity contribution in [2.24, 2.45) is 0 Å². The highest BCUT2D eigenvalue weighted by molar-refractivity contribution is 5.33. The molecule has 0 bridgehead atoms. The van der Waals surface area contributed by atoms with Gasteiger partial charge in [-0.3, -0.25) is 4.90 Å². The van der Waals surface area contributed by atoms with Crippen molar-refractivity contribution in [3.63, 3.8) is 0 Å². The summed E-state index contributed by atoms with van der Waals surface area (Å²) >= 11 is 0. The molecule has 2 heteroatoms. The van der Waals surface area contributed by atoms with E-state index in [1.165, 1.54) is 84.1 Å². The highest BCUT2D eigenvalue weighted by Crippen LogP contribution is 2.26. The van der Waals surface area contributed by atoms with Crippen LogP contribution in [0.2, 0.25) is 0 Å². The molecule has 0 spiro atoms. The van der Waals surface area contributed by atoms with E-state index < -0.39 is 0 Å². The van der Waals surface area contributed by atoms with Crippen LogP contribution in [0.5, 0.6) is 0 Å². The van der Waals surface area contributed by atoms with Crippen LogP contribution < -0.4 is 0 Å². The maximum atomic E-state index is 2.75. The lowest BCUT2D eigenvalue weighted by atomic mass is 9.90. The summed E-state index contributed by atoms with van der Waals surface area (Å²) in [6.45, 7) is 6.46. The second-order valence-electron chi connectivity index (χ2n) is 7.58. The van der Waals surface area contributed by atoms with Crippen LogP contribution in [-0.2, 0) is 19.4 Å². The molecule has 0 amide bonds. The van der Waals surface area contributed by atoms with Crippen LogP contribution in [0.4, 0.5) is 0 Å². The molecule has 2 aliphatic heterocycles. The maximum absolute atomic E-state index is 2.75. The van der Waals surface area contributed by atoms with E-state index in [0.29, 0.717) is 0 Å². The molecule has 120 valence electrons. The fourth-order valence-electron chi connectivity index (χ4n) is 4.69. The Kier molecular flexibility index (Phi) is 4.49. The molecular weight excluding hydrogens is 268 g/mol. The number of fused-ring (bicyclic) bond motifs is 1. The Balaban J connectivity index is 1.40. The molecular formula is C20H30N2. The first-order valence-corrected chi connectivity index (χ1v) is 9.45. The lowest BCUT2D eigenvalue weighted by Gasteiger charge is -2.29. The van der Waals surface area contributed by atoms with Gasteiger partial charge in [0.2, 0.25) is 0 Å². The summed E-state index contributed by atoms with van der Waals surface area (Å²) in [7, 11) is 0. The van der Waals surface area contributed by atoms with Crippen molar-refractivity contribution in [1.82, 2.24) is 9.80 Å². The number of aryl methyl sites for hydroxylation is 2. The van der Waals surface area contributed by atoms with Gasteiger partial charge in [0.05, 0.1) is 0 Å². The van der Waals surface area contributed by atoms with Gasteiger partial charge < -0.3 is 4.90 Å². The van der Waals surface area contributed by atoms with E-state index in [-0.39, 0.29) is 0 Å². The lowest BCUT2D eigenvalue weighted by Crippen LogP contribution is -2.38. The molecule has 4 rings (SSSR count). The van der Waals surface area contributed by atoms with E-state index in [1.807, 2.05) is 0 Å². The van der Waals surface area contributed by atoms with Gasteiger partial charge in [-0.05, 0) is 87.7 Å². The third-order valence-electron chi connectivity index (χ3n) is 5.97. The molecule has 1 aromatic carbocycles. The summed E-state index contributed by atoms with van der Waals surface area (Å²) in [5, 5.41) is 0. The molecule has 2 saturated heterocycles.